The van der Waals surface area contributed by atoms with Crippen LogP contribution in [0.2, 0.25) is 0 Å². The molecule has 0 fully saturated rings. The molecule has 0 saturated carbocycles. The van der Waals surface area contributed by atoms with Crippen molar-refractivity contribution in [2.24, 2.45) is 0 Å². The van der Waals surface area contributed by atoms with Gasteiger partial charge in [-0.15, -0.1) is 0 Å². The Morgan fingerprint density at radius 2 is 1.91 bits per heavy atom. The van der Waals surface area contributed by atoms with E-state index in [1.54, 1.807) is 42.5 Å². The quantitative estimate of drug-likeness (QED) is 0.305. The zero-order chi connectivity index (χ0) is 16.7. The Labute approximate surface area is 143 Å². The Hall–Kier alpha value is -2.14. The van der Waals surface area contributed by atoms with E-state index in [0.717, 1.165) is 17.3 Å². The monoisotopic (exact) mass is 376 g/mol. The number of halogens is 1. The van der Waals surface area contributed by atoms with E-state index in [1.807, 2.05) is 0 Å². The first-order valence-corrected chi connectivity index (χ1v) is 8.13. The Kier molecular flexibility index (Phi) is 6.35. The van der Waals surface area contributed by atoms with Gasteiger partial charge in [0, 0.05) is 4.47 Å². The van der Waals surface area contributed by atoms with Gasteiger partial charge in [0.2, 0.25) is 0 Å². The smallest absolute Gasteiger partial charge is 0.343 e. The van der Waals surface area contributed by atoms with Gasteiger partial charge in [0.15, 0.2) is 6.29 Å². The highest BCUT2D eigenvalue weighted by atomic mass is 79.9. The van der Waals surface area contributed by atoms with Gasteiger partial charge >= 0.3 is 5.97 Å². The molecule has 4 nitrogen and oxygen atoms in total. The van der Waals surface area contributed by atoms with Gasteiger partial charge in [-0.05, 0) is 48.9 Å². The van der Waals surface area contributed by atoms with Gasteiger partial charge in [-0.3, -0.25) is 4.79 Å². The number of hydrogen-bond acceptors (Lipinski definition) is 4. The number of esters is 1. The van der Waals surface area contributed by atoms with Crippen molar-refractivity contribution < 1.29 is 19.1 Å². The van der Waals surface area contributed by atoms with Crippen LogP contribution in [-0.4, -0.2) is 18.9 Å². The number of unbranched alkanes of at least 4 members (excludes halogenated alkanes) is 1. The van der Waals surface area contributed by atoms with Gasteiger partial charge in [0.1, 0.15) is 11.5 Å². The second-order valence-electron chi connectivity index (χ2n) is 4.92. The van der Waals surface area contributed by atoms with Crippen LogP contribution in [0.15, 0.2) is 46.9 Å². The molecule has 0 aliphatic rings. The minimum Gasteiger partial charge on any atom is -0.494 e. The molecule has 23 heavy (non-hydrogen) atoms. The number of ether oxygens (including phenoxy) is 2. The van der Waals surface area contributed by atoms with E-state index in [9.17, 15) is 9.59 Å². The summed E-state index contributed by atoms with van der Waals surface area (Å²) in [6.45, 7) is 2.75. The molecule has 2 aromatic rings. The normalized spacial score (nSPS) is 10.2. The maximum Gasteiger partial charge on any atom is 0.343 e. The van der Waals surface area contributed by atoms with E-state index in [4.69, 9.17) is 9.47 Å². The molecule has 0 amide bonds. The first kappa shape index (κ1) is 17.2. The van der Waals surface area contributed by atoms with E-state index >= 15 is 0 Å². The van der Waals surface area contributed by atoms with Crippen molar-refractivity contribution in [3.63, 3.8) is 0 Å². The van der Waals surface area contributed by atoms with Crippen LogP contribution in [0, 0.1) is 0 Å². The fourth-order valence-electron chi connectivity index (χ4n) is 1.88. The van der Waals surface area contributed by atoms with Crippen molar-refractivity contribution >= 4 is 28.2 Å². The predicted octanol–water partition coefficient (Wildman–Crippen LogP) is 4.66. The van der Waals surface area contributed by atoms with Gasteiger partial charge in [-0.1, -0.05) is 29.3 Å². The standard InChI is InChI=1S/C18H17BrO4/c1-2-3-10-22-16-7-4-13(5-8-16)18(21)23-17-9-6-15(19)11-14(17)12-20/h4-9,11-12H,2-3,10H2,1H3. The third-order valence-electron chi connectivity index (χ3n) is 3.16. The summed E-state index contributed by atoms with van der Waals surface area (Å²) in [5.41, 5.74) is 0.708. The van der Waals surface area contributed by atoms with Crippen molar-refractivity contribution in [1.29, 1.82) is 0 Å². The molecule has 2 aromatic carbocycles. The first-order valence-electron chi connectivity index (χ1n) is 7.34. The molecule has 0 N–H and O–H groups in total. The molecule has 5 heteroatoms. The lowest BCUT2D eigenvalue weighted by atomic mass is 10.2. The molecular weight excluding hydrogens is 360 g/mol. The molecule has 0 saturated heterocycles. The molecule has 0 unspecified atom stereocenters. The summed E-state index contributed by atoms with van der Waals surface area (Å²) in [5, 5.41) is 0. The third kappa shape index (κ3) is 4.93. The summed E-state index contributed by atoms with van der Waals surface area (Å²) >= 11 is 3.27. The maximum absolute atomic E-state index is 12.1. The molecular formula is C18H17BrO4. The average Bonchev–Trinajstić information content (AvgIpc) is 2.57. The van der Waals surface area contributed by atoms with E-state index in [0.29, 0.717) is 29.8 Å². The molecule has 0 bridgehead atoms. The fraction of sp³-hybridized carbons (Fsp3) is 0.222. The summed E-state index contributed by atoms with van der Waals surface area (Å²) in [7, 11) is 0. The molecule has 0 atom stereocenters. The highest BCUT2D eigenvalue weighted by Gasteiger charge is 2.12. The maximum atomic E-state index is 12.1. The van der Waals surface area contributed by atoms with E-state index in [-0.39, 0.29) is 5.75 Å². The van der Waals surface area contributed by atoms with Crippen LogP contribution in [0.3, 0.4) is 0 Å². The molecule has 120 valence electrons. The van der Waals surface area contributed by atoms with Crippen LogP contribution < -0.4 is 9.47 Å². The molecule has 2 rings (SSSR count). The van der Waals surface area contributed by atoms with Crippen molar-refractivity contribution in [1.82, 2.24) is 0 Å². The van der Waals surface area contributed by atoms with Crippen LogP contribution in [0.4, 0.5) is 0 Å². The second-order valence-corrected chi connectivity index (χ2v) is 5.83. The lowest BCUT2D eigenvalue weighted by Crippen LogP contribution is -2.09. The lowest BCUT2D eigenvalue weighted by Gasteiger charge is -2.08. The number of rotatable bonds is 7. The highest BCUT2D eigenvalue weighted by molar-refractivity contribution is 9.10. The van der Waals surface area contributed by atoms with Crippen molar-refractivity contribution in [3.8, 4) is 11.5 Å². The van der Waals surface area contributed by atoms with Crippen LogP contribution in [0.1, 0.15) is 40.5 Å². The average molecular weight is 377 g/mol. The van der Waals surface area contributed by atoms with E-state index in [1.165, 1.54) is 0 Å². The summed E-state index contributed by atoms with van der Waals surface area (Å²) in [5.74, 6) is 0.430. The van der Waals surface area contributed by atoms with Gasteiger partial charge in [0.05, 0.1) is 17.7 Å². The highest BCUT2D eigenvalue weighted by Crippen LogP contribution is 2.23. The second kappa shape index (κ2) is 8.48. The number of aldehydes is 1. The number of carbonyl (C=O) groups excluding carboxylic acids is 2. The Balaban J connectivity index is 2.04. The van der Waals surface area contributed by atoms with Crippen LogP contribution in [0.25, 0.3) is 0 Å². The van der Waals surface area contributed by atoms with Crippen molar-refractivity contribution in [2.45, 2.75) is 19.8 Å². The lowest BCUT2D eigenvalue weighted by molar-refractivity contribution is 0.0733. The van der Waals surface area contributed by atoms with E-state index < -0.39 is 5.97 Å². The van der Waals surface area contributed by atoms with Crippen LogP contribution in [0.5, 0.6) is 11.5 Å². The molecule has 0 heterocycles. The van der Waals surface area contributed by atoms with Crippen molar-refractivity contribution in [2.75, 3.05) is 6.61 Å². The predicted molar refractivity (Wildman–Crippen MR) is 91.3 cm³/mol. The topological polar surface area (TPSA) is 52.6 Å². The molecule has 0 radical (unpaired) electrons. The number of carbonyl (C=O) groups is 2. The molecule has 0 spiro atoms. The summed E-state index contributed by atoms with van der Waals surface area (Å²) in [6, 6.07) is 11.6. The molecule has 0 aromatic heterocycles. The molecule has 0 aliphatic carbocycles. The first-order chi connectivity index (χ1) is 11.1. The SMILES string of the molecule is CCCCOc1ccc(C(=O)Oc2ccc(Br)cc2C=O)cc1. The Bertz CT molecular complexity index is 680. The minimum absolute atomic E-state index is 0.233. The number of hydrogen-bond donors (Lipinski definition) is 0. The summed E-state index contributed by atoms with van der Waals surface area (Å²) in [6.07, 6.45) is 2.70. The fourth-order valence-corrected chi connectivity index (χ4v) is 2.26. The van der Waals surface area contributed by atoms with Crippen molar-refractivity contribution in [3.05, 3.63) is 58.1 Å². The van der Waals surface area contributed by atoms with Crippen LogP contribution in [-0.2, 0) is 0 Å². The number of benzene rings is 2. The minimum atomic E-state index is -0.518. The molecule has 0 aliphatic heterocycles. The van der Waals surface area contributed by atoms with Gasteiger partial charge < -0.3 is 9.47 Å². The zero-order valence-electron chi connectivity index (χ0n) is 12.8. The Morgan fingerprint density at radius 3 is 2.57 bits per heavy atom. The van der Waals surface area contributed by atoms with Crippen LogP contribution >= 0.6 is 15.9 Å². The van der Waals surface area contributed by atoms with Gasteiger partial charge in [0.25, 0.3) is 0 Å². The zero-order valence-corrected chi connectivity index (χ0v) is 14.3. The van der Waals surface area contributed by atoms with Gasteiger partial charge in [-0.25, -0.2) is 4.79 Å². The third-order valence-corrected chi connectivity index (χ3v) is 3.65. The summed E-state index contributed by atoms with van der Waals surface area (Å²) in [4.78, 5) is 23.2. The Morgan fingerprint density at radius 1 is 1.17 bits per heavy atom. The van der Waals surface area contributed by atoms with E-state index in [2.05, 4.69) is 22.9 Å². The summed E-state index contributed by atoms with van der Waals surface area (Å²) < 4.78 is 11.6. The van der Waals surface area contributed by atoms with Gasteiger partial charge in [-0.2, -0.15) is 0 Å². The largest absolute Gasteiger partial charge is 0.494 e.